The second-order valence-electron chi connectivity index (χ2n) is 5.38. The smallest absolute Gasteiger partial charge is 0.319 e. The van der Waals surface area contributed by atoms with Gasteiger partial charge in [-0.25, -0.2) is 4.79 Å². The molecule has 0 aromatic heterocycles. The molecule has 2 N–H and O–H groups in total. The molecule has 1 aromatic carbocycles. The molecule has 1 aliphatic rings. The fourth-order valence-electron chi connectivity index (χ4n) is 2.34. The Hall–Kier alpha value is -2.08. The Kier molecular flexibility index (Phi) is 5.77. The highest BCUT2D eigenvalue weighted by molar-refractivity contribution is 5.97. The molecule has 1 atom stereocenters. The van der Waals surface area contributed by atoms with Crippen LogP contribution in [0.4, 0.5) is 10.5 Å². The van der Waals surface area contributed by atoms with E-state index >= 15 is 0 Å². The molecule has 0 saturated carbocycles. The molecular weight excluding hydrogens is 282 g/mol. The molecule has 1 saturated heterocycles. The number of morpholine rings is 1. The van der Waals surface area contributed by atoms with Gasteiger partial charge in [0.25, 0.3) is 5.91 Å². The lowest BCUT2D eigenvalue weighted by Gasteiger charge is -2.33. The third-order valence-corrected chi connectivity index (χ3v) is 3.53. The van der Waals surface area contributed by atoms with E-state index in [9.17, 15) is 9.59 Å². The van der Waals surface area contributed by atoms with Crippen molar-refractivity contribution in [3.05, 3.63) is 29.8 Å². The Morgan fingerprint density at radius 2 is 2.23 bits per heavy atom. The Balaban J connectivity index is 2.04. The summed E-state index contributed by atoms with van der Waals surface area (Å²) >= 11 is 0. The highest BCUT2D eigenvalue weighted by Gasteiger charge is 2.24. The molecule has 0 spiro atoms. The summed E-state index contributed by atoms with van der Waals surface area (Å²) in [6.07, 6.45) is 0.876. The van der Waals surface area contributed by atoms with Crippen molar-refractivity contribution in [3.63, 3.8) is 0 Å². The number of carbonyl (C=O) groups excluding carboxylic acids is 2. The Labute approximate surface area is 130 Å². The molecule has 0 aliphatic carbocycles. The number of hydrogen-bond donors (Lipinski definition) is 2. The number of anilines is 1. The predicted molar refractivity (Wildman–Crippen MR) is 85.1 cm³/mol. The van der Waals surface area contributed by atoms with E-state index in [4.69, 9.17) is 4.74 Å². The minimum Gasteiger partial charge on any atom is -0.377 e. The standard InChI is InChI=1S/C16H23N3O3/c1-3-7-17-16(21)18-14-6-4-5-13(10-14)15(20)19-8-9-22-11-12(19)2/h4-6,10,12H,3,7-9,11H2,1-2H3,(H2,17,18,21). The molecule has 6 nitrogen and oxygen atoms in total. The van der Waals surface area contributed by atoms with Gasteiger partial charge in [0.05, 0.1) is 19.3 Å². The summed E-state index contributed by atoms with van der Waals surface area (Å²) in [6, 6.07) is 6.81. The lowest BCUT2D eigenvalue weighted by molar-refractivity contribution is 0.00360. The van der Waals surface area contributed by atoms with Gasteiger partial charge in [-0.3, -0.25) is 4.79 Å². The summed E-state index contributed by atoms with van der Waals surface area (Å²) in [5.74, 6) is -0.0339. The van der Waals surface area contributed by atoms with Gasteiger partial charge in [-0.05, 0) is 31.5 Å². The van der Waals surface area contributed by atoms with Crippen LogP contribution in [-0.4, -0.2) is 49.2 Å². The van der Waals surface area contributed by atoms with Crippen LogP contribution in [0, 0.1) is 0 Å². The lowest BCUT2D eigenvalue weighted by Crippen LogP contribution is -2.47. The number of rotatable bonds is 4. The summed E-state index contributed by atoms with van der Waals surface area (Å²) in [7, 11) is 0. The second-order valence-corrected chi connectivity index (χ2v) is 5.38. The first kappa shape index (κ1) is 16.3. The first-order chi connectivity index (χ1) is 10.6. The van der Waals surface area contributed by atoms with Gasteiger partial charge >= 0.3 is 6.03 Å². The number of nitrogens with zero attached hydrogens (tertiary/aromatic N) is 1. The van der Waals surface area contributed by atoms with Crippen LogP contribution in [0.25, 0.3) is 0 Å². The maximum Gasteiger partial charge on any atom is 0.319 e. The molecule has 0 bridgehead atoms. The molecule has 120 valence electrons. The quantitative estimate of drug-likeness (QED) is 0.894. The minimum atomic E-state index is -0.258. The number of hydrogen-bond acceptors (Lipinski definition) is 3. The third-order valence-electron chi connectivity index (χ3n) is 3.53. The van der Waals surface area contributed by atoms with E-state index in [1.165, 1.54) is 0 Å². The van der Waals surface area contributed by atoms with Crippen molar-refractivity contribution in [1.29, 1.82) is 0 Å². The van der Waals surface area contributed by atoms with Crippen molar-refractivity contribution in [2.24, 2.45) is 0 Å². The van der Waals surface area contributed by atoms with Crippen molar-refractivity contribution in [3.8, 4) is 0 Å². The van der Waals surface area contributed by atoms with Gasteiger partial charge in [0, 0.05) is 24.3 Å². The monoisotopic (exact) mass is 305 g/mol. The molecule has 6 heteroatoms. The predicted octanol–water partition coefficient (Wildman–Crippen LogP) is 2.08. The Morgan fingerprint density at radius 1 is 1.41 bits per heavy atom. The van der Waals surface area contributed by atoms with Crippen molar-refractivity contribution >= 4 is 17.6 Å². The van der Waals surface area contributed by atoms with Crippen LogP contribution < -0.4 is 10.6 Å². The Morgan fingerprint density at radius 3 is 2.95 bits per heavy atom. The zero-order chi connectivity index (χ0) is 15.9. The first-order valence-electron chi connectivity index (χ1n) is 7.65. The lowest BCUT2D eigenvalue weighted by atomic mass is 10.1. The van der Waals surface area contributed by atoms with Crippen molar-refractivity contribution in [1.82, 2.24) is 10.2 Å². The molecule has 1 heterocycles. The minimum absolute atomic E-state index is 0.0339. The van der Waals surface area contributed by atoms with E-state index < -0.39 is 0 Å². The van der Waals surface area contributed by atoms with E-state index in [0.717, 1.165) is 6.42 Å². The SMILES string of the molecule is CCCNC(=O)Nc1cccc(C(=O)N2CCOCC2C)c1. The fraction of sp³-hybridized carbons (Fsp3) is 0.500. The Bertz CT molecular complexity index is 533. The van der Waals surface area contributed by atoms with Crippen molar-refractivity contribution in [2.75, 3.05) is 31.6 Å². The van der Waals surface area contributed by atoms with E-state index in [2.05, 4.69) is 10.6 Å². The largest absolute Gasteiger partial charge is 0.377 e. The average molecular weight is 305 g/mol. The second kappa shape index (κ2) is 7.79. The zero-order valence-electron chi connectivity index (χ0n) is 13.1. The van der Waals surface area contributed by atoms with Gasteiger partial charge < -0.3 is 20.3 Å². The van der Waals surface area contributed by atoms with Crippen molar-refractivity contribution in [2.45, 2.75) is 26.3 Å². The van der Waals surface area contributed by atoms with Crippen LogP contribution in [0.3, 0.4) is 0 Å². The van der Waals surface area contributed by atoms with E-state index in [1.807, 2.05) is 13.8 Å². The first-order valence-corrected chi connectivity index (χ1v) is 7.65. The van der Waals surface area contributed by atoms with E-state index in [-0.39, 0.29) is 18.0 Å². The summed E-state index contributed by atoms with van der Waals surface area (Å²) in [6.45, 7) is 6.29. The van der Waals surface area contributed by atoms with E-state index in [0.29, 0.717) is 37.6 Å². The normalized spacial score (nSPS) is 17.9. The molecule has 1 aliphatic heterocycles. The summed E-state index contributed by atoms with van der Waals surface area (Å²) < 4.78 is 5.35. The molecule has 22 heavy (non-hydrogen) atoms. The van der Waals surface area contributed by atoms with Crippen LogP contribution in [0.1, 0.15) is 30.6 Å². The molecule has 1 unspecified atom stereocenters. The number of carbonyl (C=O) groups is 2. The number of benzene rings is 1. The highest BCUT2D eigenvalue weighted by Crippen LogP contribution is 2.16. The molecule has 2 rings (SSSR count). The van der Waals surface area contributed by atoms with Gasteiger partial charge in [0.15, 0.2) is 0 Å². The zero-order valence-corrected chi connectivity index (χ0v) is 13.1. The third kappa shape index (κ3) is 4.21. The molecule has 1 aromatic rings. The van der Waals surface area contributed by atoms with Gasteiger partial charge in [-0.2, -0.15) is 0 Å². The number of amides is 3. The van der Waals surface area contributed by atoms with Crippen LogP contribution in [0.15, 0.2) is 24.3 Å². The van der Waals surface area contributed by atoms with Crippen LogP contribution in [-0.2, 0) is 4.74 Å². The van der Waals surface area contributed by atoms with Gasteiger partial charge in [0.2, 0.25) is 0 Å². The molecular formula is C16H23N3O3. The maximum absolute atomic E-state index is 12.6. The average Bonchev–Trinajstić information content (AvgIpc) is 2.53. The number of nitrogens with one attached hydrogen (secondary N) is 2. The maximum atomic E-state index is 12.6. The molecule has 1 fully saturated rings. The van der Waals surface area contributed by atoms with Crippen LogP contribution >= 0.6 is 0 Å². The van der Waals surface area contributed by atoms with Gasteiger partial charge in [-0.1, -0.05) is 13.0 Å². The topological polar surface area (TPSA) is 70.7 Å². The number of ether oxygens (including phenoxy) is 1. The van der Waals surface area contributed by atoms with E-state index in [1.54, 1.807) is 29.2 Å². The summed E-state index contributed by atoms with van der Waals surface area (Å²) in [4.78, 5) is 26.0. The van der Waals surface area contributed by atoms with Crippen molar-refractivity contribution < 1.29 is 14.3 Å². The molecule has 3 amide bonds. The summed E-state index contributed by atoms with van der Waals surface area (Å²) in [5.41, 5.74) is 1.18. The fourth-order valence-corrected chi connectivity index (χ4v) is 2.34. The molecule has 0 radical (unpaired) electrons. The summed E-state index contributed by atoms with van der Waals surface area (Å²) in [5, 5.41) is 5.48. The highest BCUT2D eigenvalue weighted by atomic mass is 16.5. The van der Waals surface area contributed by atoms with Crippen LogP contribution in [0.2, 0.25) is 0 Å². The van der Waals surface area contributed by atoms with Crippen LogP contribution in [0.5, 0.6) is 0 Å². The van der Waals surface area contributed by atoms with Gasteiger partial charge in [-0.15, -0.1) is 0 Å². The number of urea groups is 1. The van der Waals surface area contributed by atoms with Gasteiger partial charge in [0.1, 0.15) is 0 Å².